The average Bonchev–Trinajstić information content (AvgIpc) is 3.11. The molecule has 1 aliphatic carbocycles. The molecule has 1 unspecified atom stereocenters. The van der Waals surface area contributed by atoms with Crippen LogP contribution in [0, 0.1) is 0 Å². The lowest BCUT2D eigenvalue weighted by molar-refractivity contribution is 0.567. The van der Waals surface area contributed by atoms with Gasteiger partial charge in [0.25, 0.3) is 0 Å². The van der Waals surface area contributed by atoms with Crippen LogP contribution in [0.2, 0.25) is 0 Å². The van der Waals surface area contributed by atoms with Crippen LogP contribution in [-0.2, 0) is 10.0 Å². The molecule has 2 rings (SSSR count). The zero-order valence-corrected chi connectivity index (χ0v) is 11.2. The summed E-state index contributed by atoms with van der Waals surface area (Å²) >= 11 is 3.35. The summed E-state index contributed by atoms with van der Waals surface area (Å²) < 4.78 is 26.4. The maximum Gasteiger partial charge on any atom is 0.215 e. The zero-order chi connectivity index (χ0) is 11.6. The topological polar surface area (TPSA) is 46.2 Å². The van der Waals surface area contributed by atoms with Crippen molar-refractivity contribution < 1.29 is 8.42 Å². The van der Waals surface area contributed by atoms with E-state index in [0.717, 1.165) is 18.4 Å². The fourth-order valence-electron chi connectivity index (χ4n) is 1.55. The van der Waals surface area contributed by atoms with Gasteiger partial charge in [-0.3, -0.25) is 0 Å². The van der Waals surface area contributed by atoms with Gasteiger partial charge in [0.05, 0.1) is 11.3 Å². The molecule has 1 fully saturated rings. The predicted molar refractivity (Wildman–Crippen MR) is 68.1 cm³/mol. The average molecular weight is 304 g/mol. The van der Waals surface area contributed by atoms with Crippen molar-refractivity contribution in [1.29, 1.82) is 0 Å². The van der Waals surface area contributed by atoms with Crippen molar-refractivity contribution in [3.8, 4) is 0 Å². The number of halogens is 1. The van der Waals surface area contributed by atoms with Crippen LogP contribution in [-0.4, -0.2) is 19.0 Å². The van der Waals surface area contributed by atoms with Gasteiger partial charge in [0, 0.05) is 5.33 Å². The predicted octanol–water partition coefficient (Wildman–Crippen LogP) is 2.20. The molecule has 1 aromatic carbocycles. The molecule has 5 heteroatoms. The molecule has 0 spiro atoms. The van der Waals surface area contributed by atoms with Gasteiger partial charge in [-0.05, 0) is 18.4 Å². The molecule has 1 saturated carbocycles. The van der Waals surface area contributed by atoms with Gasteiger partial charge in [-0.25, -0.2) is 13.1 Å². The Bertz CT molecular complexity index is 442. The van der Waals surface area contributed by atoms with Gasteiger partial charge >= 0.3 is 0 Å². The molecule has 0 aromatic heterocycles. The fourth-order valence-corrected chi connectivity index (χ4v) is 3.86. The number of rotatable bonds is 5. The smallest absolute Gasteiger partial charge is 0.212 e. The van der Waals surface area contributed by atoms with Crippen LogP contribution >= 0.6 is 15.9 Å². The van der Waals surface area contributed by atoms with Gasteiger partial charge in [0.15, 0.2) is 0 Å². The molecular weight excluding hydrogens is 290 g/mol. The van der Waals surface area contributed by atoms with Crippen molar-refractivity contribution in [2.24, 2.45) is 0 Å². The highest BCUT2D eigenvalue weighted by Gasteiger charge is 2.36. The van der Waals surface area contributed by atoms with Crippen LogP contribution < -0.4 is 4.72 Å². The summed E-state index contributed by atoms with van der Waals surface area (Å²) in [6.45, 7) is 0. The minimum Gasteiger partial charge on any atom is -0.212 e. The molecule has 1 N–H and O–H groups in total. The van der Waals surface area contributed by atoms with Crippen LogP contribution in [0.15, 0.2) is 30.3 Å². The van der Waals surface area contributed by atoms with Gasteiger partial charge in [0.2, 0.25) is 10.0 Å². The van der Waals surface area contributed by atoms with Crippen molar-refractivity contribution in [2.75, 3.05) is 5.33 Å². The highest BCUT2D eigenvalue weighted by atomic mass is 79.9. The Balaban J connectivity index is 2.12. The molecular formula is C11H14BrNO2S. The Morgan fingerprint density at radius 3 is 2.44 bits per heavy atom. The van der Waals surface area contributed by atoms with Crippen LogP contribution in [0.3, 0.4) is 0 Å². The maximum absolute atomic E-state index is 11.8. The quantitative estimate of drug-likeness (QED) is 0.848. The highest BCUT2D eigenvalue weighted by Crippen LogP contribution is 2.29. The van der Waals surface area contributed by atoms with Gasteiger partial charge in [-0.1, -0.05) is 46.3 Å². The molecule has 88 valence electrons. The molecule has 0 saturated heterocycles. The van der Waals surface area contributed by atoms with Crippen LogP contribution in [0.25, 0.3) is 0 Å². The van der Waals surface area contributed by atoms with Crippen molar-refractivity contribution in [3.63, 3.8) is 0 Å². The van der Waals surface area contributed by atoms with Crippen molar-refractivity contribution >= 4 is 26.0 Å². The molecule has 16 heavy (non-hydrogen) atoms. The highest BCUT2D eigenvalue weighted by molar-refractivity contribution is 9.09. The van der Waals surface area contributed by atoms with E-state index in [9.17, 15) is 8.42 Å². The van der Waals surface area contributed by atoms with E-state index in [1.165, 1.54) is 0 Å². The summed E-state index contributed by atoms with van der Waals surface area (Å²) in [5.74, 6) is 0. The normalized spacial score (nSPS) is 18.3. The Kier molecular flexibility index (Phi) is 3.66. The van der Waals surface area contributed by atoms with E-state index in [0.29, 0.717) is 5.33 Å². The molecule has 0 bridgehead atoms. The fraction of sp³-hybridized carbons (Fsp3) is 0.455. The zero-order valence-electron chi connectivity index (χ0n) is 8.77. The molecule has 1 aliphatic rings. The number of benzene rings is 1. The first kappa shape index (κ1) is 12.1. The molecule has 0 amide bonds. The summed E-state index contributed by atoms with van der Waals surface area (Å²) in [6, 6.07) is 9.44. The molecule has 1 aromatic rings. The lowest BCUT2D eigenvalue weighted by Crippen LogP contribution is -2.32. The Labute approximate surface area is 104 Å². The van der Waals surface area contributed by atoms with E-state index < -0.39 is 10.0 Å². The number of alkyl halides is 1. The number of nitrogens with one attached hydrogen (secondary N) is 1. The van der Waals surface area contributed by atoms with Crippen molar-refractivity contribution in [2.45, 2.75) is 24.1 Å². The standard InChI is InChI=1S/C11H14BrNO2S/c12-8-11(9-4-2-1-3-5-9)13-16(14,15)10-6-7-10/h1-5,10-11,13H,6-8H2. The molecule has 3 nitrogen and oxygen atoms in total. The van der Waals surface area contributed by atoms with E-state index in [2.05, 4.69) is 20.7 Å². The minimum atomic E-state index is -3.13. The first-order valence-electron chi connectivity index (χ1n) is 5.25. The Morgan fingerprint density at radius 2 is 1.94 bits per heavy atom. The summed E-state index contributed by atoms with van der Waals surface area (Å²) in [4.78, 5) is 0. The van der Waals surface area contributed by atoms with Crippen LogP contribution in [0.5, 0.6) is 0 Å². The Hall–Kier alpha value is -0.390. The van der Waals surface area contributed by atoms with E-state index in [1.807, 2.05) is 30.3 Å². The number of hydrogen-bond donors (Lipinski definition) is 1. The van der Waals surface area contributed by atoms with Crippen molar-refractivity contribution in [1.82, 2.24) is 4.72 Å². The van der Waals surface area contributed by atoms with Crippen LogP contribution in [0.4, 0.5) is 0 Å². The monoisotopic (exact) mass is 303 g/mol. The molecule has 1 atom stereocenters. The second-order valence-corrected chi connectivity index (χ2v) is 6.62. The number of sulfonamides is 1. The summed E-state index contributed by atoms with van der Waals surface area (Å²) in [7, 11) is -3.13. The third kappa shape index (κ3) is 2.84. The minimum absolute atomic E-state index is 0.169. The summed E-state index contributed by atoms with van der Waals surface area (Å²) in [5, 5.41) is 0.418. The van der Waals surface area contributed by atoms with Crippen molar-refractivity contribution in [3.05, 3.63) is 35.9 Å². The van der Waals surface area contributed by atoms with E-state index in [-0.39, 0.29) is 11.3 Å². The summed E-state index contributed by atoms with van der Waals surface area (Å²) in [6.07, 6.45) is 1.58. The molecule has 0 radical (unpaired) electrons. The second-order valence-electron chi connectivity index (χ2n) is 3.98. The Morgan fingerprint density at radius 1 is 1.31 bits per heavy atom. The van der Waals surface area contributed by atoms with Gasteiger partial charge in [0.1, 0.15) is 0 Å². The lowest BCUT2D eigenvalue weighted by Gasteiger charge is -2.16. The van der Waals surface area contributed by atoms with Gasteiger partial charge in [-0.15, -0.1) is 0 Å². The second kappa shape index (κ2) is 4.85. The van der Waals surface area contributed by atoms with Crippen LogP contribution in [0.1, 0.15) is 24.4 Å². The third-order valence-corrected chi connectivity index (χ3v) is 5.24. The van der Waals surface area contributed by atoms with Gasteiger partial charge < -0.3 is 0 Å². The lowest BCUT2D eigenvalue weighted by atomic mass is 10.1. The maximum atomic E-state index is 11.8. The number of hydrogen-bond acceptors (Lipinski definition) is 2. The summed E-state index contributed by atoms with van der Waals surface area (Å²) in [5.41, 5.74) is 0.989. The first-order valence-corrected chi connectivity index (χ1v) is 7.92. The van der Waals surface area contributed by atoms with E-state index >= 15 is 0 Å². The van der Waals surface area contributed by atoms with E-state index in [4.69, 9.17) is 0 Å². The molecule has 0 heterocycles. The SMILES string of the molecule is O=S(=O)(NC(CBr)c1ccccc1)C1CC1. The first-order chi connectivity index (χ1) is 7.63. The molecule has 0 aliphatic heterocycles. The third-order valence-electron chi connectivity index (χ3n) is 2.63. The van der Waals surface area contributed by atoms with Gasteiger partial charge in [-0.2, -0.15) is 0 Å². The van der Waals surface area contributed by atoms with E-state index in [1.54, 1.807) is 0 Å². The largest absolute Gasteiger partial charge is 0.215 e.